The Kier molecular flexibility index (Phi) is 17.5. The first-order valence-corrected chi connectivity index (χ1v) is 21.8. The topological polar surface area (TPSA) is 109 Å². The number of carbonyl (C=O) groups is 1. The van der Waals surface area contributed by atoms with Gasteiger partial charge in [-0.05, 0) is 55.5 Å². The van der Waals surface area contributed by atoms with Gasteiger partial charge in [0, 0.05) is 46.9 Å². The fourth-order valence-corrected chi connectivity index (χ4v) is 8.08. The molecule has 300 valence electrons. The highest BCUT2D eigenvalue weighted by Crippen LogP contribution is 2.29. The lowest BCUT2D eigenvalue weighted by molar-refractivity contribution is 0.0695. The maximum atomic E-state index is 12.3. The molecule has 0 atom stereocenters. The van der Waals surface area contributed by atoms with Crippen LogP contribution in [0.25, 0.3) is 43.5 Å². The third-order valence-corrected chi connectivity index (χ3v) is 11.5. The maximum absolute atomic E-state index is 12.3. The highest BCUT2D eigenvalue weighted by atomic mass is 32.1. The molecule has 0 spiro atoms. The zero-order valence-corrected chi connectivity index (χ0v) is 34.8. The molecule has 0 aliphatic carbocycles. The average Bonchev–Trinajstić information content (AvgIpc) is 3.77. The number of thiol groups is 1. The normalized spacial score (nSPS) is 11.4. The Balaban J connectivity index is 0.000000311. The van der Waals surface area contributed by atoms with E-state index in [-0.39, 0.29) is 16.6 Å². The van der Waals surface area contributed by atoms with E-state index in [1.165, 1.54) is 109 Å². The minimum absolute atomic E-state index is 0.0265. The van der Waals surface area contributed by atoms with Gasteiger partial charge in [-0.25, -0.2) is 28.5 Å². The molecular weight excluding hydrogens is 767 g/mol. The number of carboxylic acids is 1. The molecule has 0 saturated heterocycles. The summed E-state index contributed by atoms with van der Waals surface area (Å²) in [5.41, 5.74) is 8.38. The third-order valence-electron chi connectivity index (χ3n) is 9.93. The van der Waals surface area contributed by atoms with Crippen LogP contribution in [0.2, 0.25) is 0 Å². The number of halogens is 2. The van der Waals surface area contributed by atoms with Gasteiger partial charge in [-0.15, -0.1) is 24.0 Å². The number of H-pyrrole nitrogens is 1. The number of carboxylic acid groups (broad SMARTS) is 1. The maximum Gasteiger partial charge on any atom is 0.340 e. The van der Waals surface area contributed by atoms with Crippen LogP contribution in [0.1, 0.15) is 126 Å². The lowest BCUT2D eigenvalue weighted by Gasteiger charge is -2.10. The number of thiazole rings is 1. The lowest BCUT2D eigenvalue weighted by atomic mass is 10.0. The van der Waals surface area contributed by atoms with Gasteiger partial charge in [-0.3, -0.25) is 4.68 Å². The molecular formula is C43H54F2N6O2S3. The molecule has 0 aliphatic rings. The first kappa shape index (κ1) is 43.2. The molecule has 0 bridgehead atoms. The Morgan fingerprint density at radius 3 is 2.29 bits per heavy atom. The predicted octanol–water partition coefficient (Wildman–Crippen LogP) is 13.2. The number of nitrogens with one attached hydrogen (secondary N) is 2. The van der Waals surface area contributed by atoms with Crippen LogP contribution in [0.4, 0.5) is 8.78 Å². The molecule has 56 heavy (non-hydrogen) atoms. The van der Waals surface area contributed by atoms with Gasteiger partial charge in [0.2, 0.25) is 6.43 Å². The van der Waals surface area contributed by atoms with Gasteiger partial charge in [-0.2, -0.15) is 0 Å². The molecule has 8 nitrogen and oxygen atoms in total. The minimum atomic E-state index is -2.15. The van der Waals surface area contributed by atoms with Crippen molar-refractivity contribution >= 4 is 74.9 Å². The number of para-hydroxylation sites is 1. The number of unbranched alkanes of at least 4 members (excludes halogenated alkanes) is 13. The van der Waals surface area contributed by atoms with E-state index in [2.05, 4.69) is 93.3 Å². The van der Waals surface area contributed by atoms with Crippen molar-refractivity contribution in [3.63, 3.8) is 0 Å². The summed E-state index contributed by atoms with van der Waals surface area (Å²) in [6.45, 7) is 3.26. The Bertz CT molecular complexity index is 2200. The summed E-state index contributed by atoms with van der Waals surface area (Å²) in [6, 6.07) is 15.2. The molecule has 0 aliphatic heterocycles. The zero-order valence-electron chi connectivity index (χ0n) is 32.2. The molecule has 0 amide bonds. The molecule has 6 rings (SSSR count). The summed E-state index contributed by atoms with van der Waals surface area (Å²) in [6.07, 6.45) is 20.4. The largest absolute Gasteiger partial charge is 0.478 e. The van der Waals surface area contributed by atoms with Gasteiger partial charge in [0.05, 0.1) is 16.6 Å². The predicted molar refractivity (Wildman–Crippen MR) is 233 cm³/mol. The van der Waals surface area contributed by atoms with Crippen molar-refractivity contribution in [3.05, 3.63) is 76.0 Å². The molecule has 13 heteroatoms. The molecule has 3 N–H and O–H groups in total. The van der Waals surface area contributed by atoms with Crippen molar-refractivity contribution < 1.29 is 18.7 Å². The summed E-state index contributed by atoms with van der Waals surface area (Å²) < 4.78 is 27.0. The fourth-order valence-electron chi connectivity index (χ4n) is 6.88. The number of pyridine rings is 1. The first-order valence-electron chi connectivity index (χ1n) is 20.1. The summed E-state index contributed by atoms with van der Waals surface area (Å²) in [4.78, 5) is 26.5. The number of hydrogen-bond acceptors (Lipinski definition) is 8. The number of aromatic carboxylic acids is 1. The summed E-state index contributed by atoms with van der Waals surface area (Å²) >= 11 is 10.3. The molecule has 0 fully saturated rings. The van der Waals surface area contributed by atoms with Crippen LogP contribution in [0.3, 0.4) is 0 Å². The van der Waals surface area contributed by atoms with E-state index in [4.69, 9.17) is 22.3 Å². The summed E-state index contributed by atoms with van der Waals surface area (Å²) in [5.74, 6) is -0.658. The number of rotatable bonds is 22. The van der Waals surface area contributed by atoms with E-state index in [0.29, 0.717) is 22.3 Å². The van der Waals surface area contributed by atoms with Gasteiger partial charge >= 0.3 is 5.97 Å². The molecule has 2 aromatic carbocycles. The van der Waals surface area contributed by atoms with Crippen molar-refractivity contribution in [1.29, 1.82) is 0 Å². The molecule has 0 unspecified atom stereocenters. The third kappa shape index (κ3) is 13.1. The Morgan fingerprint density at radius 1 is 0.911 bits per heavy atom. The van der Waals surface area contributed by atoms with E-state index in [9.17, 15) is 13.6 Å². The van der Waals surface area contributed by atoms with E-state index in [1.807, 2.05) is 0 Å². The summed E-state index contributed by atoms with van der Waals surface area (Å²) in [5, 5.41) is 15.4. The minimum Gasteiger partial charge on any atom is -0.478 e. The molecule has 0 saturated carbocycles. The van der Waals surface area contributed by atoms with E-state index in [0.717, 1.165) is 49.7 Å². The molecule has 6 aromatic rings. The highest BCUT2D eigenvalue weighted by Gasteiger charge is 2.13. The first-order chi connectivity index (χ1) is 27.2. The number of nitrogens with zero attached hydrogens (tertiary/aromatic N) is 4. The Morgan fingerprint density at radius 2 is 1.61 bits per heavy atom. The van der Waals surface area contributed by atoms with Crippen LogP contribution in [0.5, 0.6) is 0 Å². The van der Waals surface area contributed by atoms with Crippen LogP contribution < -0.4 is 5.43 Å². The lowest BCUT2D eigenvalue weighted by Crippen LogP contribution is -2.14. The second-order valence-electron chi connectivity index (χ2n) is 14.3. The molecule has 0 radical (unpaired) electrons. The number of aromatic nitrogens is 5. The standard InChI is InChI=1S/C35H49F2N3.C8H5N3O2S3/c1-2-3-4-5-6-10-13-18-23-38-40-27-29(20-14-11-8-7-9-12-15-22-35(36)37)31-26-33-30(25-34(31)40)24-28-19-16-17-21-32(28)39-33;12-8(13)3-1-9-5(11-6(3)15)7-10-4(14)2-16-7/h16-17,19,21,24-27,35,38H,2-15,18,20,22-23H2,1H3;1-2,14H,(H,12,13)(H,9,11,15). The van der Waals surface area contributed by atoms with Crippen LogP contribution in [-0.4, -0.2) is 48.7 Å². The van der Waals surface area contributed by atoms with Crippen LogP contribution in [0.15, 0.2) is 65.3 Å². The van der Waals surface area contributed by atoms with Gasteiger partial charge in [0.1, 0.15) is 15.2 Å². The van der Waals surface area contributed by atoms with Gasteiger partial charge in [0.25, 0.3) is 0 Å². The van der Waals surface area contributed by atoms with E-state index < -0.39 is 12.4 Å². The highest BCUT2D eigenvalue weighted by molar-refractivity contribution is 7.80. The molecule has 4 aromatic heterocycles. The van der Waals surface area contributed by atoms with Crippen LogP contribution >= 0.6 is 36.2 Å². The monoisotopic (exact) mass is 820 g/mol. The zero-order chi connectivity index (χ0) is 39.7. The van der Waals surface area contributed by atoms with Crippen molar-refractivity contribution in [2.24, 2.45) is 0 Å². The Hall–Kier alpha value is -3.94. The van der Waals surface area contributed by atoms with Crippen LogP contribution in [-0.2, 0) is 6.42 Å². The summed E-state index contributed by atoms with van der Waals surface area (Å²) in [7, 11) is 0. The smallest absolute Gasteiger partial charge is 0.340 e. The van der Waals surface area contributed by atoms with Crippen molar-refractivity contribution in [1.82, 2.24) is 24.6 Å². The van der Waals surface area contributed by atoms with Gasteiger partial charge in [0.15, 0.2) is 10.8 Å². The second kappa shape index (κ2) is 22.7. The Labute approximate surface area is 343 Å². The number of aryl methyl sites for hydroxylation is 1. The van der Waals surface area contributed by atoms with Crippen molar-refractivity contribution in [2.75, 3.05) is 12.0 Å². The van der Waals surface area contributed by atoms with Crippen molar-refractivity contribution in [2.45, 2.75) is 128 Å². The van der Waals surface area contributed by atoms with Crippen LogP contribution in [0, 0.1) is 4.64 Å². The quantitative estimate of drug-likeness (QED) is 0.0234. The number of aromatic amines is 1. The number of alkyl halides is 2. The fraction of sp³-hybridized carbons (Fsp3) is 0.465. The second-order valence-corrected chi connectivity index (χ2v) is 16.1. The number of benzene rings is 2. The van der Waals surface area contributed by atoms with Crippen molar-refractivity contribution in [3.8, 4) is 10.8 Å². The van der Waals surface area contributed by atoms with E-state index in [1.54, 1.807) is 5.38 Å². The SMILES string of the molecule is CCCCCCCCCCNn1cc(CCCCCCCCCC(F)F)c2cc3nc4ccccc4cc3cc21.O=C(O)c1cnc(-c2nc(S)cs2)[nH]c1=S. The number of hydrogen-bond donors (Lipinski definition) is 4. The van der Waals surface area contributed by atoms with Gasteiger partial charge in [-0.1, -0.05) is 114 Å². The number of fused-ring (bicyclic) bond motifs is 3. The van der Waals surface area contributed by atoms with E-state index >= 15 is 0 Å². The van der Waals surface area contributed by atoms with Gasteiger partial charge < -0.3 is 15.5 Å². The average molecular weight is 821 g/mol. The molecule has 4 heterocycles.